The molecule has 0 aliphatic carbocycles. The zero-order valence-corrected chi connectivity index (χ0v) is 43.0. The smallest absolute Gasteiger partial charge is 0.306 e. The normalized spacial score (nSPS) is 19.8. The number of rotatable bonds is 44. The van der Waals surface area contributed by atoms with E-state index in [1.807, 2.05) is 12.2 Å². The zero-order chi connectivity index (χ0) is 49.8. The molecule has 0 aromatic rings. The molecule has 68 heavy (non-hydrogen) atoms. The number of hydrogen-bond acceptors (Lipinski definition) is 11. The summed E-state index contributed by atoms with van der Waals surface area (Å²) in [7, 11) is -4.62. The van der Waals surface area contributed by atoms with Gasteiger partial charge in [-0.3, -0.25) is 14.1 Å². The Kier molecular flexibility index (Phi) is 40.9. The molecule has 0 aromatic carbocycles. The summed E-state index contributed by atoms with van der Waals surface area (Å²) >= 11 is 0. The number of ether oxygens (including phenoxy) is 4. The predicted octanol–water partition coefficient (Wildman–Crippen LogP) is 12.2. The van der Waals surface area contributed by atoms with Gasteiger partial charge in [0.2, 0.25) is 0 Å². The fraction of sp³-hybridized carbons (Fsp3) is 0.745. The van der Waals surface area contributed by atoms with Crippen molar-refractivity contribution in [3.05, 3.63) is 72.9 Å². The first-order valence-electron chi connectivity index (χ1n) is 26.5. The highest BCUT2D eigenvalue weighted by Crippen LogP contribution is 2.24. The SMILES string of the molecule is CC/C=C/C/C=C/C/C=C/C/C=C/C/C=C/CCCC(=O)OC[C@H](CO[C@H]1O[C@H](CS(=O)(=O)O)[C@@H](O)C(O)C1O)OC(=O)CCC/C=C/CCCCCCCCCCCCCCCCCCCC. The summed E-state index contributed by atoms with van der Waals surface area (Å²) in [6.45, 7) is 3.60. The Morgan fingerprint density at radius 2 is 0.926 bits per heavy atom. The second kappa shape index (κ2) is 44.1. The first kappa shape index (κ1) is 63.1. The summed E-state index contributed by atoms with van der Waals surface area (Å²) in [6.07, 6.45) is 48.2. The number of aliphatic hydroxyl groups excluding tert-OH is 3. The molecule has 392 valence electrons. The van der Waals surface area contributed by atoms with Gasteiger partial charge in [-0.15, -0.1) is 0 Å². The Morgan fingerprint density at radius 1 is 0.515 bits per heavy atom. The molecule has 1 rings (SSSR count). The highest BCUT2D eigenvalue weighted by Gasteiger charge is 2.46. The maximum atomic E-state index is 12.9. The number of hydrogen-bond donors (Lipinski definition) is 4. The molecule has 6 atom stereocenters. The van der Waals surface area contributed by atoms with Crippen molar-refractivity contribution in [2.45, 2.75) is 243 Å². The molecule has 1 aliphatic rings. The van der Waals surface area contributed by atoms with Gasteiger partial charge < -0.3 is 34.3 Å². The molecule has 1 saturated heterocycles. The third-order valence-corrected chi connectivity index (χ3v) is 12.5. The fourth-order valence-corrected chi connectivity index (χ4v) is 8.41. The number of carbonyl (C=O) groups is 2. The highest BCUT2D eigenvalue weighted by molar-refractivity contribution is 7.85. The van der Waals surface area contributed by atoms with E-state index in [1.54, 1.807) is 0 Å². The van der Waals surface area contributed by atoms with E-state index in [0.717, 1.165) is 44.9 Å². The Morgan fingerprint density at radius 3 is 1.40 bits per heavy atom. The van der Waals surface area contributed by atoms with Gasteiger partial charge in [-0.25, -0.2) is 0 Å². The van der Waals surface area contributed by atoms with E-state index in [0.29, 0.717) is 25.7 Å². The molecule has 4 N–H and O–H groups in total. The molecule has 0 aromatic heterocycles. The monoisotopic (exact) mass is 979 g/mol. The van der Waals surface area contributed by atoms with Crippen LogP contribution in [0.3, 0.4) is 0 Å². The van der Waals surface area contributed by atoms with Crippen LogP contribution in [0.25, 0.3) is 0 Å². The van der Waals surface area contributed by atoms with E-state index in [9.17, 15) is 37.9 Å². The second-order valence-corrected chi connectivity index (χ2v) is 19.7. The van der Waals surface area contributed by atoms with Crippen molar-refractivity contribution in [2.75, 3.05) is 19.0 Å². The van der Waals surface area contributed by atoms with Gasteiger partial charge in [0.05, 0.1) is 6.61 Å². The Hall–Kier alpha value is -2.91. The van der Waals surface area contributed by atoms with Crippen LogP contribution in [0, 0.1) is 0 Å². The summed E-state index contributed by atoms with van der Waals surface area (Å²) in [5, 5.41) is 31.0. The first-order valence-corrected chi connectivity index (χ1v) is 28.1. The van der Waals surface area contributed by atoms with Gasteiger partial charge in [-0.05, 0) is 70.6 Å². The minimum Gasteiger partial charge on any atom is -0.462 e. The number of carbonyl (C=O) groups excluding carboxylic acids is 2. The number of unbranched alkanes of at least 4 members (excludes halogenated alkanes) is 20. The molecular weight excluding hydrogens is 885 g/mol. The van der Waals surface area contributed by atoms with Crippen LogP contribution in [0.2, 0.25) is 0 Å². The van der Waals surface area contributed by atoms with Gasteiger partial charge in [0.25, 0.3) is 10.1 Å². The van der Waals surface area contributed by atoms with E-state index in [4.69, 9.17) is 18.9 Å². The maximum Gasteiger partial charge on any atom is 0.306 e. The Bertz CT molecular complexity index is 1520. The van der Waals surface area contributed by atoms with Gasteiger partial charge in [0.15, 0.2) is 12.4 Å². The summed E-state index contributed by atoms with van der Waals surface area (Å²) < 4.78 is 54.2. The average Bonchev–Trinajstić information content (AvgIpc) is 3.31. The lowest BCUT2D eigenvalue weighted by Crippen LogP contribution is -2.60. The molecule has 1 fully saturated rings. The summed E-state index contributed by atoms with van der Waals surface area (Å²) in [5.41, 5.74) is 0. The second-order valence-electron chi connectivity index (χ2n) is 18.2. The quantitative estimate of drug-likeness (QED) is 0.0196. The van der Waals surface area contributed by atoms with Gasteiger partial charge >= 0.3 is 11.9 Å². The average molecular weight is 979 g/mol. The van der Waals surface area contributed by atoms with Gasteiger partial charge in [0.1, 0.15) is 36.8 Å². The first-order chi connectivity index (χ1) is 33.0. The summed E-state index contributed by atoms with van der Waals surface area (Å²) in [4.78, 5) is 25.5. The topological polar surface area (TPSA) is 186 Å². The molecule has 0 bridgehead atoms. The van der Waals surface area contributed by atoms with Crippen LogP contribution in [0.15, 0.2) is 72.9 Å². The number of esters is 2. The van der Waals surface area contributed by atoms with Crippen LogP contribution >= 0.6 is 0 Å². The van der Waals surface area contributed by atoms with Crippen molar-refractivity contribution in [1.29, 1.82) is 0 Å². The molecular formula is C55H94O12S. The third kappa shape index (κ3) is 37.9. The fourth-order valence-electron chi connectivity index (χ4n) is 7.72. The molecule has 1 heterocycles. The van der Waals surface area contributed by atoms with Crippen molar-refractivity contribution in [1.82, 2.24) is 0 Å². The van der Waals surface area contributed by atoms with Crippen LogP contribution in [0.1, 0.15) is 206 Å². The van der Waals surface area contributed by atoms with E-state index >= 15 is 0 Å². The van der Waals surface area contributed by atoms with Crippen LogP contribution < -0.4 is 0 Å². The van der Waals surface area contributed by atoms with Crippen molar-refractivity contribution >= 4 is 22.1 Å². The Balaban J connectivity index is 2.40. The third-order valence-electron chi connectivity index (χ3n) is 11.8. The lowest BCUT2D eigenvalue weighted by Gasteiger charge is -2.40. The minimum atomic E-state index is -4.62. The number of aliphatic hydroxyl groups is 3. The van der Waals surface area contributed by atoms with Crippen molar-refractivity contribution in [2.24, 2.45) is 0 Å². The number of allylic oxidation sites excluding steroid dienone is 12. The molecule has 0 saturated carbocycles. The molecule has 0 radical (unpaired) electrons. The summed E-state index contributed by atoms with van der Waals surface area (Å²) in [5.74, 6) is -2.10. The van der Waals surface area contributed by atoms with Crippen molar-refractivity contribution in [3.8, 4) is 0 Å². The molecule has 1 aliphatic heterocycles. The molecule has 0 spiro atoms. The highest BCUT2D eigenvalue weighted by atomic mass is 32.2. The standard InChI is InChI=1S/C55H94O12S/c1-3-5-7-9-11-13-15-17-19-21-22-23-24-25-26-28-30-32-34-36-38-40-42-44-51(57)66-48(46-65-55-54(60)53(59)52(58)49(67-55)47-68(61,62)63)45-64-50(56)43-41-39-37-35-33-31-29-27-20-18-16-14-12-10-8-6-4-2/h6,8,12,14,18,20,29,31,35-38,48-49,52-55,58-60H,3-5,7,9-11,13,15-17,19,21-28,30,32-34,39-47H2,1-2H3,(H,61,62,63)/b8-6+,14-12+,20-18+,31-29+,37-35+,38-36+/t48-,49-,52-,53?,54?,55+/m1/s1. The van der Waals surface area contributed by atoms with Crippen LogP contribution in [-0.2, 0) is 38.7 Å². The largest absolute Gasteiger partial charge is 0.462 e. The van der Waals surface area contributed by atoms with E-state index in [2.05, 4.69) is 74.6 Å². The van der Waals surface area contributed by atoms with Crippen molar-refractivity contribution < 1.29 is 56.8 Å². The predicted molar refractivity (Wildman–Crippen MR) is 275 cm³/mol. The van der Waals surface area contributed by atoms with E-state index in [-0.39, 0.29) is 19.4 Å². The lowest BCUT2D eigenvalue weighted by molar-refractivity contribution is -0.297. The van der Waals surface area contributed by atoms with Crippen molar-refractivity contribution in [3.63, 3.8) is 0 Å². The summed E-state index contributed by atoms with van der Waals surface area (Å²) in [6, 6.07) is 0. The molecule has 12 nitrogen and oxygen atoms in total. The van der Waals surface area contributed by atoms with Crippen LogP contribution in [-0.4, -0.2) is 96.0 Å². The molecule has 13 heteroatoms. The molecule has 0 amide bonds. The van der Waals surface area contributed by atoms with Crippen LogP contribution in [0.5, 0.6) is 0 Å². The van der Waals surface area contributed by atoms with E-state index in [1.165, 1.54) is 109 Å². The lowest BCUT2D eigenvalue weighted by atomic mass is 10.00. The van der Waals surface area contributed by atoms with Gasteiger partial charge in [-0.2, -0.15) is 8.42 Å². The zero-order valence-electron chi connectivity index (χ0n) is 42.2. The van der Waals surface area contributed by atoms with Crippen LogP contribution in [0.4, 0.5) is 0 Å². The van der Waals surface area contributed by atoms with Gasteiger partial charge in [0, 0.05) is 12.8 Å². The maximum absolute atomic E-state index is 12.9. The van der Waals surface area contributed by atoms with E-state index < -0.39 is 71.2 Å². The Labute approximate surface area is 412 Å². The van der Waals surface area contributed by atoms with Gasteiger partial charge in [-0.1, -0.05) is 196 Å². The minimum absolute atomic E-state index is 0.102. The molecule has 2 unspecified atom stereocenters.